The Morgan fingerprint density at radius 3 is 2.65 bits per heavy atom. The third-order valence-electron chi connectivity index (χ3n) is 3.63. The zero-order valence-electron chi connectivity index (χ0n) is 10.0. The predicted molar refractivity (Wildman–Crippen MR) is 65.0 cm³/mol. The van der Waals surface area contributed by atoms with Gasteiger partial charge in [0, 0.05) is 0 Å². The van der Waals surface area contributed by atoms with E-state index < -0.39 is 17.5 Å². The van der Waals surface area contributed by atoms with Gasteiger partial charge in [-0.2, -0.15) is 0 Å². The first-order valence-corrected chi connectivity index (χ1v) is 6.05. The van der Waals surface area contributed by atoms with Gasteiger partial charge in [0.05, 0.1) is 11.5 Å². The summed E-state index contributed by atoms with van der Waals surface area (Å²) in [7, 11) is 0. The third-order valence-corrected chi connectivity index (χ3v) is 3.63. The molecule has 3 heteroatoms. The van der Waals surface area contributed by atoms with Gasteiger partial charge >= 0.3 is 5.97 Å². The maximum Gasteiger partial charge on any atom is 0.314 e. The second-order valence-electron chi connectivity index (χ2n) is 4.99. The Morgan fingerprint density at radius 1 is 1.47 bits per heavy atom. The van der Waals surface area contributed by atoms with Crippen LogP contribution in [0.25, 0.3) is 0 Å². The molecule has 2 N–H and O–H groups in total. The number of aliphatic hydroxyl groups excluding tert-OH is 1. The summed E-state index contributed by atoms with van der Waals surface area (Å²) in [5.74, 6) is -0.724. The quantitative estimate of drug-likeness (QED) is 0.839. The minimum absolute atomic E-state index is 0.396. The van der Waals surface area contributed by atoms with E-state index in [-0.39, 0.29) is 0 Å². The van der Waals surface area contributed by atoms with Crippen LogP contribution in [0.1, 0.15) is 37.3 Å². The molecule has 92 valence electrons. The highest BCUT2D eigenvalue weighted by Gasteiger charge is 2.45. The highest BCUT2D eigenvalue weighted by Crippen LogP contribution is 2.44. The molecule has 0 radical (unpaired) electrons. The zero-order valence-corrected chi connectivity index (χ0v) is 10.0. The summed E-state index contributed by atoms with van der Waals surface area (Å²) in [5.41, 5.74) is 1.22. The Bertz CT molecular complexity index is 419. The molecule has 0 amide bonds. The molecule has 1 aliphatic carbocycles. The van der Waals surface area contributed by atoms with Crippen LogP contribution < -0.4 is 0 Å². The molecule has 1 atom stereocenters. The van der Waals surface area contributed by atoms with Crippen molar-refractivity contribution in [3.05, 3.63) is 35.4 Å². The number of aliphatic carboxylic acids is 1. The fraction of sp³-hybridized carbons (Fsp3) is 0.500. The van der Waals surface area contributed by atoms with Gasteiger partial charge < -0.3 is 10.2 Å². The van der Waals surface area contributed by atoms with Gasteiger partial charge in [0.15, 0.2) is 0 Å². The van der Waals surface area contributed by atoms with Gasteiger partial charge in [-0.05, 0) is 37.3 Å². The molecule has 17 heavy (non-hydrogen) atoms. The Balaban J connectivity index is 2.29. The Hall–Kier alpha value is -1.35. The van der Waals surface area contributed by atoms with Gasteiger partial charge in [-0.1, -0.05) is 30.7 Å². The molecule has 0 aromatic heterocycles. The van der Waals surface area contributed by atoms with Crippen LogP contribution in [0.3, 0.4) is 0 Å². The summed E-state index contributed by atoms with van der Waals surface area (Å²) in [6.07, 6.45) is 2.60. The van der Waals surface area contributed by atoms with Crippen molar-refractivity contribution in [2.75, 3.05) is 0 Å². The molecule has 1 unspecified atom stereocenters. The zero-order chi connectivity index (χ0) is 12.5. The fourth-order valence-electron chi connectivity index (χ4n) is 2.49. The number of aliphatic hydroxyl groups is 1. The number of benzene rings is 1. The first-order valence-electron chi connectivity index (χ1n) is 6.05. The average molecular weight is 234 g/mol. The SMILES string of the molecule is CC(O)Cc1cccc(C2(C(=O)O)CCC2)c1. The van der Waals surface area contributed by atoms with Crippen LogP contribution in [-0.4, -0.2) is 22.3 Å². The van der Waals surface area contributed by atoms with Crippen molar-refractivity contribution in [3.63, 3.8) is 0 Å². The van der Waals surface area contributed by atoms with Crippen LogP contribution in [0.2, 0.25) is 0 Å². The van der Waals surface area contributed by atoms with Gasteiger partial charge in [-0.25, -0.2) is 0 Å². The van der Waals surface area contributed by atoms with Crippen molar-refractivity contribution < 1.29 is 15.0 Å². The molecule has 3 nitrogen and oxygen atoms in total. The number of carboxylic acid groups (broad SMARTS) is 1. The monoisotopic (exact) mass is 234 g/mol. The first-order chi connectivity index (χ1) is 8.04. The van der Waals surface area contributed by atoms with Crippen LogP contribution in [0.4, 0.5) is 0 Å². The average Bonchev–Trinajstić information content (AvgIpc) is 2.14. The van der Waals surface area contributed by atoms with E-state index in [4.69, 9.17) is 0 Å². The summed E-state index contributed by atoms with van der Waals surface area (Å²) in [6, 6.07) is 7.64. The topological polar surface area (TPSA) is 57.5 Å². The van der Waals surface area contributed by atoms with Gasteiger partial charge in [-0.15, -0.1) is 0 Å². The third kappa shape index (κ3) is 2.20. The van der Waals surface area contributed by atoms with Crippen molar-refractivity contribution in [3.8, 4) is 0 Å². The van der Waals surface area contributed by atoms with Crippen molar-refractivity contribution in [2.24, 2.45) is 0 Å². The van der Waals surface area contributed by atoms with Crippen LogP contribution in [-0.2, 0) is 16.6 Å². The van der Waals surface area contributed by atoms with Gasteiger partial charge in [-0.3, -0.25) is 4.79 Å². The number of hydrogen-bond donors (Lipinski definition) is 2. The molecule has 0 heterocycles. The lowest BCUT2D eigenvalue weighted by Gasteiger charge is -2.38. The first kappa shape index (κ1) is 12.1. The second-order valence-corrected chi connectivity index (χ2v) is 4.99. The van der Waals surface area contributed by atoms with E-state index in [9.17, 15) is 15.0 Å². The smallest absolute Gasteiger partial charge is 0.314 e. The summed E-state index contributed by atoms with van der Waals surface area (Å²) in [6.45, 7) is 1.74. The summed E-state index contributed by atoms with van der Waals surface area (Å²) in [4.78, 5) is 11.4. The Morgan fingerprint density at radius 2 is 2.18 bits per heavy atom. The molecule has 1 fully saturated rings. The summed E-state index contributed by atoms with van der Waals surface area (Å²) in [5, 5.41) is 18.7. The molecule has 0 aliphatic heterocycles. The van der Waals surface area contributed by atoms with Crippen LogP contribution in [0.5, 0.6) is 0 Å². The molecular weight excluding hydrogens is 216 g/mol. The lowest BCUT2D eigenvalue weighted by atomic mass is 9.64. The predicted octanol–water partition coefficient (Wildman–Crippen LogP) is 2.12. The fourth-order valence-corrected chi connectivity index (χ4v) is 2.49. The highest BCUT2D eigenvalue weighted by molar-refractivity contribution is 5.82. The number of rotatable bonds is 4. The molecule has 1 saturated carbocycles. The summed E-state index contributed by atoms with van der Waals surface area (Å²) >= 11 is 0. The summed E-state index contributed by atoms with van der Waals surface area (Å²) < 4.78 is 0. The lowest BCUT2D eigenvalue weighted by molar-refractivity contribution is -0.147. The van der Waals surface area contributed by atoms with Crippen molar-refractivity contribution in [1.82, 2.24) is 0 Å². The molecule has 1 aliphatic rings. The number of carbonyl (C=O) groups is 1. The van der Waals surface area contributed by atoms with E-state index in [1.54, 1.807) is 6.92 Å². The number of hydrogen-bond acceptors (Lipinski definition) is 2. The molecule has 0 saturated heterocycles. The van der Waals surface area contributed by atoms with E-state index in [0.29, 0.717) is 6.42 Å². The standard InChI is InChI=1S/C14H18O3/c1-10(15)8-11-4-2-5-12(9-11)14(13(16)17)6-3-7-14/h2,4-5,9-10,15H,3,6-8H2,1H3,(H,16,17). The largest absolute Gasteiger partial charge is 0.481 e. The number of carboxylic acids is 1. The molecule has 0 spiro atoms. The van der Waals surface area contributed by atoms with Gasteiger partial charge in [0.25, 0.3) is 0 Å². The van der Waals surface area contributed by atoms with E-state index in [1.165, 1.54) is 0 Å². The van der Waals surface area contributed by atoms with E-state index in [1.807, 2.05) is 24.3 Å². The van der Waals surface area contributed by atoms with E-state index in [2.05, 4.69) is 0 Å². The van der Waals surface area contributed by atoms with Crippen LogP contribution in [0, 0.1) is 0 Å². The minimum Gasteiger partial charge on any atom is -0.481 e. The Kier molecular flexibility index (Phi) is 3.20. The normalized spacial score (nSPS) is 19.4. The Labute approximate surface area is 101 Å². The van der Waals surface area contributed by atoms with Crippen molar-refractivity contribution in [2.45, 2.75) is 44.1 Å². The molecule has 2 rings (SSSR count). The van der Waals surface area contributed by atoms with Gasteiger partial charge in [0.2, 0.25) is 0 Å². The second kappa shape index (κ2) is 4.49. The molecular formula is C14H18O3. The van der Waals surface area contributed by atoms with Crippen molar-refractivity contribution >= 4 is 5.97 Å². The lowest BCUT2D eigenvalue weighted by Crippen LogP contribution is -2.42. The maximum absolute atomic E-state index is 11.4. The molecule has 1 aromatic carbocycles. The van der Waals surface area contributed by atoms with E-state index in [0.717, 1.165) is 30.4 Å². The minimum atomic E-state index is -0.724. The molecule has 1 aromatic rings. The van der Waals surface area contributed by atoms with Crippen LogP contribution >= 0.6 is 0 Å². The molecule has 0 bridgehead atoms. The van der Waals surface area contributed by atoms with Crippen LogP contribution in [0.15, 0.2) is 24.3 Å². The highest BCUT2D eigenvalue weighted by atomic mass is 16.4. The van der Waals surface area contributed by atoms with Crippen molar-refractivity contribution in [1.29, 1.82) is 0 Å². The van der Waals surface area contributed by atoms with Gasteiger partial charge in [0.1, 0.15) is 0 Å². The van der Waals surface area contributed by atoms with E-state index >= 15 is 0 Å². The maximum atomic E-state index is 11.4.